The van der Waals surface area contributed by atoms with Crippen molar-refractivity contribution in [3.8, 4) is 0 Å². The Morgan fingerprint density at radius 3 is 1.89 bits per heavy atom. The van der Waals surface area contributed by atoms with E-state index in [4.69, 9.17) is 0 Å². The van der Waals surface area contributed by atoms with E-state index in [1.807, 2.05) is 0 Å². The molecule has 0 aromatic rings. The number of hydrogen-bond donors (Lipinski definition) is 0. The van der Waals surface area contributed by atoms with Crippen LogP contribution in [0.25, 0.3) is 0 Å². The summed E-state index contributed by atoms with van der Waals surface area (Å²) in [5, 5.41) is 0. The minimum atomic E-state index is -0.592. The van der Waals surface area contributed by atoms with Gasteiger partial charge in [0.15, 0.2) is 0 Å². The van der Waals surface area contributed by atoms with Gasteiger partial charge in [0.1, 0.15) is 0 Å². The summed E-state index contributed by atoms with van der Waals surface area (Å²) >= 11 is -0.592. The van der Waals surface area contributed by atoms with Gasteiger partial charge in [0.05, 0.1) is 0 Å². The second-order valence-corrected chi connectivity index (χ2v) is 11.7. The molecule has 104 valence electrons. The molecule has 0 aromatic carbocycles. The van der Waals surface area contributed by atoms with Crippen molar-refractivity contribution in [2.75, 3.05) is 0 Å². The first-order valence-electron chi connectivity index (χ1n) is 6.32. The summed E-state index contributed by atoms with van der Waals surface area (Å²) in [5.74, 6) is 0. The van der Waals surface area contributed by atoms with E-state index in [0.717, 1.165) is 0 Å². The van der Waals surface area contributed by atoms with Crippen LogP contribution in [-0.2, 0) is 23.2 Å². The summed E-state index contributed by atoms with van der Waals surface area (Å²) in [7, 11) is 0. The minimum Gasteiger partial charge on any atom is -1.00 e. The largest absolute Gasteiger partial charge is 1.00 e. The summed E-state index contributed by atoms with van der Waals surface area (Å²) in [6.45, 7) is 14.0. The molecule has 2 aliphatic carbocycles. The number of halogens is 2. The van der Waals surface area contributed by atoms with E-state index in [1.165, 1.54) is 16.7 Å². The zero-order valence-corrected chi connectivity index (χ0v) is 16.5. The van der Waals surface area contributed by atoms with Gasteiger partial charge >= 0.3 is 118 Å². The molecule has 2 atom stereocenters. The van der Waals surface area contributed by atoms with Gasteiger partial charge in [-0.1, -0.05) is 0 Å². The fourth-order valence-corrected chi connectivity index (χ4v) is 8.50. The number of rotatable bonds is 2. The van der Waals surface area contributed by atoms with Crippen LogP contribution >= 0.6 is 0 Å². The average molecular weight is 376 g/mol. The van der Waals surface area contributed by atoms with Crippen molar-refractivity contribution < 1.29 is 48.0 Å². The van der Waals surface area contributed by atoms with Crippen LogP contribution < -0.4 is 24.8 Å². The Morgan fingerprint density at radius 2 is 1.53 bits per heavy atom. The Morgan fingerprint density at radius 1 is 0.947 bits per heavy atom. The molecule has 0 radical (unpaired) electrons. The molecule has 0 heterocycles. The Kier molecular flexibility index (Phi) is 6.60. The quantitative estimate of drug-likeness (QED) is 0.595. The van der Waals surface area contributed by atoms with E-state index in [-0.39, 0.29) is 24.8 Å². The molecule has 2 aliphatic rings. The smallest absolute Gasteiger partial charge is 1.00 e. The van der Waals surface area contributed by atoms with E-state index in [1.54, 1.807) is 5.57 Å². The van der Waals surface area contributed by atoms with E-state index >= 15 is 0 Å². The van der Waals surface area contributed by atoms with Gasteiger partial charge in [0.2, 0.25) is 0 Å². The van der Waals surface area contributed by atoms with Gasteiger partial charge in [0, 0.05) is 0 Å². The van der Waals surface area contributed by atoms with Gasteiger partial charge in [-0.3, -0.25) is 0 Å². The predicted molar refractivity (Wildman–Crippen MR) is 71.8 cm³/mol. The second kappa shape index (κ2) is 6.46. The fourth-order valence-electron chi connectivity index (χ4n) is 2.98. The maximum absolute atomic E-state index is 2.53. The molecule has 0 bridgehead atoms. The molecule has 0 spiro atoms. The Hall–Kier alpha value is 0.423. The van der Waals surface area contributed by atoms with Crippen LogP contribution in [0.2, 0.25) is 6.25 Å². The van der Waals surface area contributed by atoms with E-state index < -0.39 is 23.2 Å². The molecule has 0 aromatic heterocycles. The third-order valence-corrected chi connectivity index (χ3v) is 8.83. The van der Waals surface area contributed by atoms with Crippen molar-refractivity contribution in [1.29, 1.82) is 0 Å². The predicted octanol–water partition coefficient (Wildman–Crippen LogP) is -0.753. The Labute approximate surface area is 141 Å². The third-order valence-electron chi connectivity index (χ3n) is 4.19. The first kappa shape index (κ1) is 19.4. The standard InChI is InChI=1S/C9H13.C7H9.2ClH.Zr/c1-6-5-7(2)9(4)8(6)3;1-6-3-4-7(2)5-6;;;/h5H,1-4H3;3-5H,1-2H3;2*1H;/q;;;;+2/p-2. The summed E-state index contributed by atoms with van der Waals surface area (Å²) in [6, 6.07) is 0. The van der Waals surface area contributed by atoms with Gasteiger partial charge in [-0.25, -0.2) is 0 Å². The number of allylic oxidation sites excluding steroid dienone is 8. The molecule has 0 saturated heterocycles. The Bertz CT molecular complexity index is 485. The van der Waals surface area contributed by atoms with Crippen LogP contribution in [0.1, 0.15) is 41.5 Å². The van der Waals surface area contributed by atoms with Crippen molar-refractivity contribution in [2.24, 2.45) is 0 Å². The molecule has 3 heteroatoms. The fraction of sp³-hybridized carbons (Fsp3) is 0.500. The van der Waals surface area contributed by atoms with E-state index in [9.17, 15) is 0 Å². The molecule has 0 aliphatic heterocycles. The van der Waals surface area contributed by atoms with E-state index in [0.29, 0.717) is 6.25 Å². The zero-order valence-electron chi connectivity index (χ0n) is 12.6. The first-order chi connectivity index (χ1) is 7.76. The molecular formula is C16H22Cl2Zr. The average Bonchev–Trinajstić information content (AvgIpc) is 2.62. The van der Waals surface area contributed by atoms with E-state index in [2.05, 4.69) is 65.8 Å². The normalized spacial score (nSPS) is 32.3. The summed E-state index contributed by atoms with van der Waals surface area (Å²) in [6.07, 6.45) is 9.74. The van der Waals surface area contributed by atoms with Crippen LogP contribution in [0.5, 0.6) is 0 Å². The molecule has 0 fully saturated rings. The van der Waals surface area contributed by atoms with Crippen molar-refractivity contribution in [3.63, 3.8) is 0 Å². The van der Waals surface area contributed by atoms with Crippen LogP contribution in [-0.4, -0.2) is 0 Å². The summed E-state index contributed by atoms with van der Waals surface area (Å²) in [5.41, 5.74) is 6.08. The summed E-state index contributed by atoms with van der Waals surface area (Å²) in [4.78, 5) is 0. The van der Waals surface area contributed by atoms with Crippen LogP contribution in [0.3, 0.4) is 0 Å². The molecule has 0 saturated carbocycles. The Balaban J connectivity index is 0.00000162. The minimum absolute atomic E-state index is 0. The molecule has 19 heavy (non-hydrogen) atoms. The van der Waals surface area contributed by atoms with Crippen LogP contribution in [0.4, 0.5) is 0 Å². The van der Waals surface area contributed by atoms with Gasteiger partial charge < -0.3 is 24.8 Å². The summed E-state index contributed by atoms with van der Waals surface area (Å²) < 4.78 is 0.794. The first-order valence-corrected chi connectivity index (χ1v) is 8.77. The SMILES string of the molecule is CC1=C[C](C)([Zr+2][C]2(C)C=C(C)C(C)=C2C)C=C1.[Cl-].[Cl-]. The van der Waals surface area contributed by atoms with Crippen LogP contribution in [0, 0.1) is 0 Å². The monoisotopic (exact) mass is 374 g/mol. The van der Waals surface area contributed by atoms with Gasteiger partial charge in [-0.05, 0) is 0 Å². The van der Waals surface area contributed by atoms with Crippen molar-refractivity contribution >= 4 is 0 Å². The maximum atomic E-state index is 2.53. The van der Waals surface area contributed by atoms with Gasteiger partial charge in [0.25, 0.3) is 0 Å². The van der Waals surface area contributed by atoms with Crippen molar-refractivity contribution in [2.45, 2.75) is 47.8 Å². The zero-order chi connectivity index (χ0) is 12.8. The van der Waals surface area contributed by atoms with Crippen molar-refractivity contribution in [3.05, 3.63) is 46.6 Å². The van der Waals surface area contributed by atoms with Crippen molar-refractivity contribution in [1.82, 2.24) is 0 Å². The molecule has 0 N–H and O–H groups in total. The molecule has 0 nitrogen and oxygen atoms in total. The van der Waals surface area contributed by atoms with Gasteiger partial charge in [-0.15, -0.1) is 0 Å². The number of hydrogen-bond acceptors (Lipinski definition) is 0. The second-order valence-electron chi connectivity index (χ2n) is 5.91. The molecular weight excluding hydrogens is 354 g/mol. The maximum Gasteiger partial charge on any atom is -1.00 e. The topological polar surface area (TPSA) is 0 Å². The molecule has 0 amide bonds. The third kappa shape index (κ3) is 3.75. The molecule has 2 rings (SSSR count). The van der Waals surface area contributed by atoms with Crippen LogP contribution in [0.15, 0.2) is 46.6 Å². The van der Waals surface area contributed by atoms with Gasteiger partial charge in [-0.2, -0.15) is 0 Å². The molecule has 2 unspecified atom stereocenters.